The van der Waals surface area contributed by atoms with Crippen LogP contribution in [0, 0.1) is 0 Å². The van der Waals surface area contributed by atoms with Crippen LogP contribution in [0.3, 0.4) is 0 Å². The van der Waals surface area contributed by atoms with Crippen molar-refractivity contribution in [1.29, 1.82) is 0 Å². The van der Waals surface area contributed by atoms with E-state index < -0.39 is 4.84 Å². The third-order valence-electron chi connectivity index (χ3n) is 2.76. The zero-order valence-electron chi connectivity index (χ0n) is 9.42. The summed E-state index contributed by atoms with van der Waals surface area (Å²) in [5, 5.41) is 18.6. The highest BCUT2D eigenvalue weighted by Crippen LogP contribution is 2.34. The molecule has 2 N–H and O–H groups in total. The molecule has 0 saturated carbocycles. The lowest BCUT2D eigenvalue weighted by atomic mass is 9.93. The van der Waals surface area contributed by atoms with E-state index in [-0.39, 0.29) is 17.4 Å². The maximum absolute atomic E-state index is 9.28. The Labute approximate surface area is 115 Å². The number of halogens is 2. The standard InChI is InChI=1S/C14H12Cl2O2/c15-14(16)13(9-1-5-11(17)6-2-9)10-3-7-12(18)8-4-10/h1-8,13-14,17-18H. The van der Waals surface area contributed by atoms with E-state index in [0.29, 0.717) is 0 Å². The Morgan fingerprint density at radius 1 is 0.667 bits per heavy atom. The molecule has 0 aromatic heterocycles. The normalized spacial score (nSPS) is 11.1. The zero-order valence-corrected chi connectivity index (χ0v) is 10.9. The molecular weight excluding hydrogens is 271 g/mol. The van der Waals surface area contributed by atoms with E-state index in [1.54, 1.807) is 48.5 Å². The SMILES string of the molecule is Oc1ccc(C(c2ccc(O)cc2)C(Cl)Cl)cc1. The lowest BCUT2D eigenvalue weighted by molar-refractivity contribution is 0.475. The van der Waals surface area contributed by atoms with Crippen LogP contribution in [0.4, 0.5) is 0 Å². The molecule has 0 aliphatic carbocycles. The van der Waals surface area contributed by atoms with Gasteiger partial charge in [0.2, 0.25) is 0 Å². The molecule has 0 amide bonds. The van der Waals surface area contributed by atoms with E-state index in [9.17, 15) is 10.2 Å². The van der Waals surface area contributed by atoms with E-state index in [1.807, 2.05) is 0 Å². The lowest BCUT2D eigenvalue weighted by Gasteiger charge is -2.19. The largest absolute Gasteiger partial charge is 0.508 e. The van der Waals surface area contributed by atoms with Gasteiger partial charge in [0, 0.05) is 5.92 Å². The van der Waals surface area contributed by atoms with E-state index in [1.165, 1.54) is 0 Å². The summed E-state index contributed by atoms with van der Waals surface area (Å²) in [5.41, 5.74) is 1.82. The van der Waals surface area contributed by atoms with Gasteiger partial charge < -0.3 is 10.2 Å². The molecule has 0 bridgehead atoms. The van der Waals surface area contributed by atoms with Crippen LogP contribution in [0.1, 0.15) is 17.0 Å². The van der Waals surface area contributed by atoms with Gasteiger partial charge in [-0.15, -0.1) is 23.2 Å². The van der Waals surface area contributed by atoms with E-state index >= 15 is 0 Å². The number of alkyl halides is 2. The van der Waals surface area contributed by atoms with Gasteiger partial charge in [-0.3, -0.25) is 0 Å². The van der Waals surface area contributed by atoms with Gasteiger partial charge in [0.05, 0.1) is 0 Å². The Bertz CT molecular complexity index is 461. The molecule has 0 spiro atoms. The minimum Gasteiger partial charge on any atom is -0.508 e. The van der Waals surface area contributed by atoms with Crippen LogP contribution in [0.2, 0.25) is 0 Å². The summed E-state index contributed by atoms with van der Waals surface area (Å²) >= 11 is 12.1. The zero-order chi connectivity index (χ0) is 13.1. The Morgan fingerprint density at radius 2 is 1.00 bits per heavy atom. The first kappa shape index (κ1) is 13.1. The molecule has 0 atom stereocenters. The summed E-state index contributed by atoms with van der Waals surface area (Å²) in [4.78, 5) is -0.612. The fraction of sp³-hybridized carbons (Fsp3) is 0.143. The van der Waals surface area contributed by atoms with Crippen LogP contribution in [0.25, 0.3) is 0 Å². The second kappa shape index (κ2) is 5.51. The quantitative estimate of drug-likeness (QED) is 0.835. The smallest absolute Gasteiger partial charge is 0.118 e. The molecule has 4 heteroatoms. The summed E-state index contributed by atoms with van der Waals surface area (Å²) in [6.07, 6.45) is 0. The predicted molar refractivity (Wildman–Crippen MR) is 73.6 cm³/mol. The highest BCUT2D eigenvalue weighted by Gasteiger charge is 2.21. The molecule has 2 nitrogen and oxygen atoms in total. The van der Waals surface area contributed by atoms with E-state index in [0.717, 1.165) is 11.1 Å². The third-order valence-corrected chi connectivity index (χ3v) is 3.26. The monoisotopic (exact) mass is 282 g/mol. The minimum atomic E-state index is -0.612. The van der Waals surface area contributed by atoms with Crippen molar-refractivity contribution in [3.8, 4) is 11.5 Å². The fourth-order valence-electron chi connectivity index (χ4n) is 1.85. The van der Waals surface area contributed by atoms with Gasteiger partial charge >= 0.3 is 0 Å². The molecule has 0 radical (unpaired) electrons. The van der Waals surface area contributed by atoms with Crippen molar-refractivity contribution in [3.63, 3.8) is 0 Å². The van der Waals surface area contributed by atoms with Crippen LogP contribution in [-0.2, 0) is 0 Å². The first-order valence-electron chi connectivity index (χ1n) is 5.44. The summed E-state index contributed by atoms with van der Waals surface area (Å²) < 4.78 is 0. The van der Waals surface area contributed by atoms with Crippen LogP contribution < -0.4 is 0 Å². The summed E-state index contributed by atoms with van der Waals surface area (Å²) in [6, 6.07) is 13.5. The van der Waals surface area contributed by atoms with Crippen molar-refractivity contribution in [3.05, 3.63) is 59.7 Å². The van der Waals surface area contributed by atoms with Crippen molar-refractivity contribution < 1.29 is 10.2 Å². The number of rotatable bonds is 3. The summed E-state index contributed by atoms with van der Waals surface area (Å²) in [6.45, 7) is 0. The van der Waals surface area contributed by atoms with Crippen molar-refractivity contribution in [1.82, 2.24) is 0 Å². The number of hydrogen-bond donors (Lipinski definition) is 2. The van der Waals surface area contributed by atoms with Crippen molar-refractivity contribution in [2.75, 3.05) is 0 Å². The number of aromatic hydroxyl groups is 2. The van der Waals surface area contributed by atoms with Crippen molar-refractivity contribution in [2.45, 2.75) is 10.8 Å². The van der Waals surface area contributed by atoms with Gasteiger partial charge in [0.25, 0.3) is 0 Å². The number of hydrogen-bond acceptors (Lipinski definition) is 2. The average molecular weight is 283 g/mol. The van der Waals surface area contributed by atoms with Gasteiger partial charge in [-0.05, 0) is 35.4 Å². The molecule has 0 unspecified atom stereocenters. The molecule has 0 aliphatic rings. The summed E-state index contributed by atoms with van der Waals surface area (Å²) in [5.74, 6) is 0.197. The first-order chi connectivity index (χ1) is 8.58. The molecule has 0 heterocycles. The average Bonchev–Trinajstić information content (AvgIpc) is 2.34. The molecule has 2 aromatic carbocycles. The Hall–Kier alpha value is -1.38. The van der Waals surface area contributed by atoms with Gasteiger partial charge in [-0.25, -0.2) is 0 Å². The molecule has 0 fully saturated rings. The van der Waals surface area contributed by atoms with Gasteiger partial charge in [-0.1, -0.05) is 24.3 Å². The highest BCUT2D eigenvalue weighted by molar-refractivity contribution is 6.45. The van der Waals surface area contributed by atoms with E-state index in [2.05, 4.69) is 0 Å². The fourth-order valence-corrected chi connectivity index (χ4v) is 2.43. The van der Waals surface area contributed by atoms with Gasteiger partial charge in [-0.2, -0.15) is 0 Å². The summed E-state index contributed by atoms with van der Waals surface area (Å²) in [7, 11) is 0. The first-order valence-corrected chi connectivity index (χ1v) is 6.31. The lowest BCUT2D eigenvalue weighted by Crippen LogP contribution is -2.08. The molecular formula is C14H12Cl2O2. The highest BCUT2D eigenvalue weighted by atomic mass is 35.5. The molecule has 2 aromatic rings. The molecule has 18 heavy (non-hydrogen) atoms. The maximum Gasteiger partial charge on any atom is 0.118 e. The van der Waals surface area contributed by atoms with E-state index in [4.69, 9.17) is 23.2 Å². The number of benzene rings is 2. The second-order valence-corrected chi connectivity index (χ2v) is 5.16. The van der Waals surface area contributed by atoms with Crippen LogP contribution in [0.5, 0.6) is 11.5 Å². The minimum absolute atomic E-state index is 0.198. The van der Waals surface area contributed by atoms with Crippen LogP contribution in [0.15, 0.2) is 48.5 Å². The van der Waals surface area contributed by atoms with Crippen molar-refractivity contribution in [2.24, 2.45) is 0 Å². The van der Waals surface area contributed by atoms with Crippen molar-refractivity contribution >= 4 is 23.2 Å². The van der Waals surface area contributed by atoms with Crippen LogP contribution in [-0.4, -0.2) is 15.0 Å². The molecule has 94 valence electrons. The van der Waals surface area contributed by atoms with Gasteiger partial charge in [0.1, 0.15) is 16.3 Å². The third kappa shape index (κ3) is 2.89. The number of phenols is 2. The predicted octanol–water partition coefficient (Wildman–Crippen LogP) is 4.03. The Kier molecular flexibility index (Phi) is 4.00. The van der Waals surface area contributed by atoms with Crippen LogP contribution >= 0.6 is 23.2 Å². The molecule has 0 aliphatic heterocycles. The molecule has 0 saturated heterocycles. The Balaban J connectivity index is 2.39. The van der Waals surface area contributed by atoms with Gasteiger partial charge in [0.15, 0.2) is 0 Å². The topological polar surface area (TPSA) is 40.5 Å². The molecule has 2 rings (SSSR count). The second-order valence-electron chi connectivity index (χ2n) is 4.00. The maximum atomic E-state index is 9.28. The number of phenolic OH excluding ortho intramolecular Hbond substituents is 2. The Morgan fingerprint density at radius 3 is 1.28 bits per heavy atom.